The van der Waals surface area contributed by atoms with Gasteiger partial charge in [-0.15, -0.1) is 0 Å². The number of phenols is 1. The summed E-state index contributed by atoms with van der Waals surface area (Å²) in [5.41, 5.74) is 1.10. The Morgan fingerprint density at radius 3 is 2.41 bits per heavy atom. The van der Waals surface area contributed by atoms with E-state index in [2.05, 4.69) is 37.2 Å². The highest BCUT2D eigenvalue weighted by atomic mass is 79.9. The largest absolute Gasteiger partial charge is 0.506 e. The summed E-state index contributed by atoms with van der Waals surface area (Å²) in [5.74, 6) is 0.233. The van der Waals surface area contributed by atoms with Crippen molar-refractivity contribution in [1.82, 2.24) is 5.32 Å². The fraction of sp³-hybridized carbons (Fsp3) is 0.500. The fourth-order valence-electron chi connectivity index (χ4n) is 1.32. The van der Waals surface area contributed by atoms with Gasteiger partial charge in [0.25, 0.3) is 0 Å². The Balaban J connectivity index is 2.37. The molecule has 0 aromatic heterocycles. The van der Waals surface area contributed by atoms with Crippen LogP contribution in [0, 0.1) is 0 Å². The number of nitrogens with one attached hydrogen (secondary N) is 1. The molecule has 0 aliphatic rings. The van der Waals surface area contributed by atoms with Crippen molar-refractivity contribution < 1.29 is 9.84 Å². The van der Waals surface area contributed by atoms with Crippen LogP contribution in [-0.4, -0.2) is 24.4 Å². The summed E-state index contributed by atoms with van der Waals surface area (Å²) in [7, 11) is 0. The fourth-order valence-corrected chi connectivity index (χ4v) is 2.60. The van der Waals surface area contributed by atoms with Crippen molar-refractivity contribution in [1.29, 1.82) is 0 Å². The van der Waals surface area contributed by atoms with Crippen LogP contribution in [0.15, 0.2) is 21.1 Å². The van der Waals surface area contributed by atoms with Crippen LogP contribution in [0.1, 0.15) is 19.4 Å². The highest BCUT2D eigenvalue weighted by Gasteiger charge is 2.05. The number of hydrogen-bond acceptors (Lipinski definition) is 3. The van der Waals surface area contributed by atoms with Crippen LogP contribution in [0.5, 0.6) is 5.75 Å². The highest BCUT2D eigenvalue weighted by molar-refractivity contribution is 9.11. The second-order valence-corrected chi connectivity index (χ2v) is 5.71. The number of phenolic OH excluding ortho intramolecular Hbond substituents is 1. The average molecular weight is 367 g/mol. The molecule has 0 bridgehead atoms. The van der Waals surface area contributed by atoms with Gasteiger partial charge in [0.05, 0.1) is 21.7 Å². The Morgan fingerprint density at radius 2 is 1.88 bits per heavy atom. The molecule has 0 atom stereocenters. The van der Waals surface area contributed by atoms with Crippen molar-refractivity contribution in [3.63, 3.8) is 0 Å². The van der Waals surface area contributed by atoms with Gasteiger partial charge in [-0.25, -0.2) is 0 Å². The third-order valence-corrected chi connectivity index (χ3v) is 3.34. The van der Waals surface area contributed by atoms with E-state index < -0.39 is 0 Å². The predicted molar refractivity (Wildman–Crippen MR) is 76.3 cm³/mol. The van der Waals surface area contributed by atoms with Crippen molar-refractivity contribution in [2.75, 3.05) is 13.2 Å². The van der Waals surface area contributed by atoms with E-state index in [-0.39, 0.29) is 11.9 Å². The van der Waals surface area contributed by atoms with Gasteiger partial charge < -0.3 is 15.2 Å². The third kappa shape index (κ3) is 5.38. The summed E-state index contributed by atoms with van der Waals surface area (Å²) >= 11 is 6.61. The molecule has 17 heavy (non-hydrogen) atoms. The minimum absolute atomic E-state index is 0.233. The molecule has 0 heterocycles. The molecule has 96 valence electrons. The zero-order valence-electron chi connectivity index (χ0n) is 9.96. The van der Waals surface area contributed by atoms with E-state index in [4.69, 9.17) is 4.74 Å². The molecular weight excluding hydrogens is 350 g/mol. The van der Waals surface area contributed by atoms with Gasteiger partial charge in [-0.1, -0.05) is 0 Å². The summed E-state index contributed by atoms with van der Waals surface area (Å²) in [6.45, 7) is 6.31. The number of rotatable bonds is 6. The van der Waals surface area contributed by atoms with Crippen molar-refractivity contribution in [2.24, 2.45) is 0 Å². The molecule has 0 spiro atoms. The molecule has 0 unspecified atom stereocenters. The number of ether oxygens (including phenoxy) is 1. The summed E-state index contributed by atoms with van der Waals surface area (Å²) in [4.78, 5) is 0. The van der Waals surface area contributed by atoms with Crippen molar-refractivity contribution in [3.05, 3.63) is 26.6 Å². The maximum atomic E-state index is 9.57. The Hall–Kier alpha value is -0.100. The van der Waals surface area contributed by atoms with Gasteiger partial charge in [0, 0.05) is 13.1 Å². The molecule has 0 saturated carbocycles. The van der Waals surface area contributed by atoms with Gasteiger partial charge in [0.15, 0.2) is 0 Å². The lowest BCUT2D eigenvalue weighted by Gasteiger charge is -2.09. The minimum atomic E-state index is 0.233. The van der Waals surface area contributed by atoms with E-state index in [1.165, 1.54) is 0 Å². The van der Waals surface area contributed by atoms with E-state index in [0.717, 1.165) is 18.7 Å². The molecule has 1 aromatic rings. The van der Waals surface area contributed by atoms with Crippen LogP contribution in [0.3, 0.4) is 0 Å². The Morgan fingerprint density at radius 1 is 1.29 bits per heavy atom. The summed E-state index contributed by atoms with van der Waals surface area (Å²) in [6.07, 6.45) is 0.272. The molecule has 1 aromatic carbocycles. The molecule has 5 heteroatoms. The summed E-state index contributed by atoms with van der Waals surface area (Å²) in [5, 5.41) is 12.8. The number of benzene rings is 1. The first kappa shape index (κ1) is 15.0. The summed E-state index contributed by atoms with van der Waals surface area (Å²) in [6, 6.07) is 3.80. The van der Waals surface area contributed by atoms with E-state index in [9.17, 15) is 5.11 Å². The minimum Gasteiger partial charge on any atom is -0.506 e. The molecule has 2 N–H and O–H groups in total. The third-order valence-electron chi connectivity index (χ3n) is 2.14. The van der Waals surface area contributed by atoms with Crippen LogP contribution in [-0.2, 0) is 11.3 Å². The predicted octanol–water partition coefficient (Wildman–Crippen LogP) is 3.43. The molecule has 0 saturated heterocycles. The molecule has 0 fully saturated rings. The van der Waals surface area contributed by atoms with Gasteiger partial charge in [0.1, 0.15) is 5.75 Å². The van der Waals surface area contributed by atoms with Crippen molar-refractivity contribution in [3.8, 4) is 5.75 Å². The van der Waals surface area contributed by atoms with Crippen LogP contribution in [0.2, 0.25) is 0 Å². The topological polar surface area (TPSA) is 41.5 Å². The monoisotopic (exact) mass is 365 g/mol. The van der Waals surface area contributed by atoms with Gasteiger partial charge in [-0.2, -0.15) is 0 Å². The maximum absolute atomic E-state index is 9.57. The lowest BCUT2D eigenvalue weighted by Crippen LogP contribution is -2.20. The zero-order valence-corrected chi connectivity index (χ0v) is 13.1. The normalized spacial score (nSPS) is 11.1. The van der Waals surface area contributed by atoms with Crippen LogP contribution in [0.4, 0.5) is 0 Å². The Kier molecular flexibility index (Phi) is 6.48. The molecule has 0 aliphatic heterocycles. The molecule has 1 rings (SSSR count). The Bertz CT molecular complexity index is 347. The quantitative estimate of drug-likeness (QED) is 0.758. The van der Waals surface area contributed by atoms with Gasteiger partial charge in [-0.05, 0) is 63.4 Å². The van der Waals surface area contributed by atoms with Crippen molar-refractivity contribution in [2.45, 2.75) is 26.5 Å². The molecule has 0 aliphatic carbocycles. The van der Waals surface area contributed by atoms with E-state index in [1.54, 1.807) is 0 Å². The van der Waals surface area contributed by atoms with E-state index in [0.29, 0.717) is 15.6 Å². The smallest absolute Gasteiger partial charge is 0.143 e. The SMILES string of the molecule is CC(C)OCCNCc1cc(Br)c(O)c(Br)c1. The van der Waals surface area contributed by atoms with Gasteiger partial charge in [-0.3, -0.25) is 0 Å². The molecule has 0 radical (unpaired) electrons. The first-order valence-corrected chi connectivity index (χ1v) is 7.08. The highest BCUT2D eigenvalue weighted by Crippen LogP contribution is 2.33. The van der Waals surface area contributed by atoms with Gasteiger partial charge in [0.2, 0.25) is 0 Å². The first-order chi connectivity index (χ1) is 8.00. The second kappa shape index (κ2) is 7.36. The maximum Gasteiger partial charge on any atom is 0.143 e. The number of aromatic hydroxyl groups is 1. The molecular formula is C12H17Br2NO2. The first-order valence-electron chi connectivity index (χ1n) is 5.50. The average Bonchev–Trinajstić information content (AvgIpc) is 2.25. The number of halogens is 2. The van der Waals surface area contributed by atoms with Crippen molar-refractivity contribution >= 4 is 31.9 Å². The number of hydrogen-bond donors (Lipinski definition) is 2. The Labute approximate surface area is 119 Å². The lowest BCUT2D eigenvalue weighted by atomic mass is 10.2. The van der Waals surface area contributed by atoms with E-state index >= 15 is 0 Å². The lowest BCUT2D eigenvalue weighted by molar-refractivity contribution is 0.0807. The standard InChI is InChI=1S/C12H17Br2NO2/c1-8(2)17-4-3-15-7-9-5-10(13)12(16)11(14)6-9/h5-6,8,15-16H,3-4,7H2,1-2H3. The van der Waals surface area contributed by atoms with Crippen LogP contribution >= 0.6 is 31.9 Å². The van der Waals surface area contributed by atoms with Gasteiger partial charge >= 0.3 is 0 Å². The summed E-state index contributed by atoms with van der Waals surface area (Å²) < 4.78 is 6.82. The second-order valence-electron chi connectivity index (χ2n) is 4.00. The van der Waals surface area contributed by atoms with Crippen LogP contribution < -0.4 is 5.32 Å². The zero-order chi connectivity index (χ0) is 12.8. The van der Waals surface area contributed by atoms with E-state index in [1.807, 2.05) is 26.0 Å². The van der Waals surface area contributed by atoms with Crippen LogP contribution in [0.25, 0.3) is 0 Å². The molecule has 3 nitrogen and oxygen atoms in total. The molecule has 0 amide bonds.